The second kappa shape index (κ2) is 4.38. The van der Waals surface area contributed by atoms with Gasteiger partial charge in [-0.1, -0.05) is 11.6 Å². The third kappa shape index (κ3) is 2.07. The molecule has 0 aliphatic carbocycles. The van der Waals surface area contributed by atoms with Crippen LogP contribution in [0, 0.1) is 0 Å². The Labute approximate surface area is 109 Å². The maximum Gasteiger partial charge on any atom is 0.228 e. The van der Waals surface area contributed by atoms with Gasteiger partial charge >= 0.3 is 0 Å². The lowest BCUT2D eigenvalue weighted by Crippen LogP contribution is -2.03. The third-order valence-corrected chi connectivity index (χ3v) is 3.16. The van der Waals surface area contributed by atoms with Crippen molar-refractivity contribution in [3.8, 4) is 0 Å². The summed E-state index contributed by atoms with van der Waals surface area (Å²) < 4.78 is 5.23. The molecule has 2 aromatic rings. The van der Waals surface area contributed by atoms with E-state index in [0.717, 1.165) is 22.7 Å². The zero-order valence-corrected chi connectivity index (χ0v) is 10.3. The average Bonchev–Trinajstić information content (AvgIpc) is 2.94. The van der Waals surface area contributed by atoms with E-state index >= 15 is 0 Å². The molecule has 2 heterocycles. The minimum Gasteiger partial charge on any atom is -0.467 e. The van der Waals surface area contributed by atoms with Crippen LogP contribution < -0.4 is 10.6 Å². The van der Waals surface area contributed by atoms with Crippen LogP contribution in [0.1, 0.15) is 11.3 Å². The Bertz CT molecular complexity index is 593. The Hall–Kier alpha value is -1.94. The lowest BCUT2D eigenvalue weighted by molar-refractivity contribution is -0.115. The molecule has 0 spiro atoms. The van der Waals surface area contributed by atoms with Crippen LogP contribution >= 0.6 is 11.6 Å². The predicted octanol–water partition coefficient (Wildman–Crippen LogP) is 3.04. The summed E-state index contributed by atoms with van der Waals surface area (Å²) in [5, 5.41) is 6.55. The van der Waals surface area contributed by atoms with E-state index in [4.69, 9.17) is 16.0 Å². The highest BCUT2D eigenvalue weighted by molar-refractivity contribution is 6.33. The first kappa shape index (κ1) is 11.2. The Balaban J connectivity index is 1.80. The Morgan fingerprint density at radius 2 is 2.33 bits per heavy atom. The summed E-state index contributed by atoms with van der Waals surface area (Å²) in [6.07, 6.45) is 2.03. The van der Waals surface area contributed by atoms with Crippen LogP contribution in [0.4, 0.5) is 11.4 Å². The number of amides is 1. The van der Waals surface area contributed by atoms with E-state index in [9.17, 15) is 4.79 Å². The summed E-state index contributed by atoms with van der Waals surface area (Å²) in [4.78, 5) is 11.3. The molecular weight excluding hydrogens is 252 g/mol. The first-order valence-corrected chi connectivity index (χ1v) is 5.99. The Kier molecular flexibility index (Phi) is 2.72. The molecular formula is C13H11ClN2O2. The molecule has 0 saturated carbocycles. The smallest absolute Gasteiger partial charge is 0.228 e. The fourth-order valence-electron chi connectivity index (χ4n) is 1.98. The van der Waals surface area contributed by atoms with E-state index < -0.39 is 0 Å². The molecule has 0 atom stereocenters. The number of fused-ring (bicyclic) bond motifs is 1. The van der Waals surface area contributed by atoms with E-state index in [2.05, 4.69) is 10.6 Å². The van der Waals surface area contributed by atoms with Gasteiger partial charge in [0.25, 0.3) is 0 Å². The van der Waals surface area contributed by atoms with Crippen molar-refractivity contribution in [1.82, 2.24) is 0 Å². The largest absolute Gasteiger partial charge is 0.467 e. The third-order valence-electron chi connectivity index (χ3n) is 2.85. The zero-order chi connectivity index (χ0) is 12.5. The van der Waals surface area contributed by atoms with Crippen molar-refractivity contribution in [3.63, 3.8) is 0 Å². The number of anilines is 2. The van der Waals surface area contributed by atoms with Crippen LogP contribution in [0.5, 0.6) is 0 Å². The summed E-state index contributed by atoms with van der Waals surface area (Å²) in [6, 6.07) is 7.40. The maximum atomic E-state index is 11.3. The first-order chi connectivity index (χ1) is 8.72. The fourth-order valence-corrected chi connectivity index (χ4v) is 2.21. The zero-order valence-electron chi connectivity index (χ0n) is 9.50. The number of halogens is 1. The monoisotopic (exact) mass is 262 g/mol. The van der Waals surface area contributed by atoms with E-state index in [1.807, 2.05) is 18.2 Å². The molecule has 0 fully saturated rings. The summed E-state index contributed by atoms with van der Waals surface area (Å²) in [7, 11) is 0. The minimum atomic E-state index is 0.00394. The molecule has 5 heteroatoms. The molecule has 1 amide bonds. The van der Waals surface area contributed by atoms with Gasteiger partial charge in [-0.25, -0.2) is 0 Å². The van der Waals surface area contributed by atoms with Crippen molar-refractivity contribution in [3.05, 3.63) is 46.9 Å². The highest BCUT2D eigenvalue weighted by Gasteiger charge is 2.19. The van der Waals surface area contributed by atoms with Crippen molar-refractivity contribution in [2.24, 2.45) is 0 Å². The van der Waals surface area contributed by atoms with Crippen LogP contribution in [0.15, 0.2) is 34.9 Å². The summed E-state index contributed by atoms with van der Waals surface area (Å²) in [5.74, 6) is 0.838. The molecule has 3 rings (SSSR count). The number of furan rings is 1. The van der Waals surface area contributed by atoms with Gasteiger partial charge in [-0.3, -0.25) is 4.79 Å². The summed E-state index contributed by atoms with van der Waals surface area (Å²) in [6.45, 7) is 0.562. The predicted molar refractivity (Wildman–Crippen MR) is 69.8 cm³/mol. The molecule has 2 N–H and O–H groups in total. The lowest BCUT2D eigenvalue weighted by atomic mass is 10.1. The number of benzene rings is 1. The van der Waals surface area contributed by atoms with Gasteiger partial charge in [-0.15, -0.1) is 0 Å². The molecule has 0 bridgehead atoms. The SMILES string of the molecule is O=C1Cc2cc(NCc3ccco3)c(Cl)cc2N1. The van der Waals surface area contributed by atoms with Crippen LogP contribution in [0.2, 0.25) is 5.02 Å². The molecule has 0 unspecified atom stereocenters. The van der Waals surface area contributed by atoms with Gasteiger partial charge in [0.05, 0.1) is 29.9 Å². The lowest BCUT2D eigenvalue weighted by Gasteiger charge is -2.09. The Morgan fingerprint density at radius 3 is 3.11 bits per heavy atom. The topological polar surface area (TPSA) is 54.3 Å². The molecule has 4 nitrogen and oxygen atoms in total. The van der Waals surface area contributed by atoms with E-state index in [1.165, 1.54) is 0 Å². The number of hydrogen-bond acceptors (Lipinski definition) is 3. The van der Waals surface area contributed by atoms with Crippen molar-refractivity contribution >= 4 is 28.9 Å². The van der Waals surface area contributed by atoms with Gasteiger partial charge in [-0.05, 0) is 29.8 Å². The molecule has 1 aliphatic rings. The molecule has 0 saturated heterocycles. The van der Waals surface area contributed by atoms with Crippen molar-refractivity contribution in [2.75, 3.05) is 10.6 Å². The van der Waals surface area contributed by atoms with Crippen LogP contribution in [-0.2, 0) is 17.8 Å². The Morgan fingerprint density at radius 1 is 1.44 bits per heavy atom. The molecule has 1 aromatic carbocycles. The standard InChI is InChI=1S/C13H11ClN2O2/c14-10-6-11-8(5-13(17)16-11)4-12(10)15-7-9-2-1-3-18-9/h1-4,6,15H,5,7H2,(H,16,17). The second-order valence-corrected chi connectivity index (χ2v) is 4.55. The van der Waals surface area contributed by atoms with E-state index in [1.54, 1.807) is 12.3 Å². The number of rotatable bonds is 3. The van der Waals surface area contributed by atoms with E-state index in [0.29, 0.717) is 18.0 Å². The van der Waals surface area contributed by atoms with Gasteiger partial charge in [0, 0.05) is 5.69 Å². The van der Waals surface area contributed by atoms with Gasteiger partial charge < -0.3 is 15.1 Å². The quantitative estimate of drug-likeness (QED) is 0.894. The summed E-state index contributed by atoms with van der Waals surface area (Å²) >= 11 is 6.15. The molecule has 0 radical (unpaired) electrons. The van der Waals surface area contributed by atoms with Crippen LogP contribution in [0.25, 0.3) is 0 Å². The molecule has 1 aliphatic heterocycles. The normalized spacial score (nSPS) is 13.3. The van der Waals surface area contributed by atoms with Crippen molar-refractivity contribution in [1.29, 1.82) is 0 Å². The van der Waals surface area contributed by atoms with Crippen molar-refractivity contribution < 1.29 is 9.21 Å². The molecule has 92 valence electrons. The molecule has 18 heavy (non-hydrogen) atoms. The average molecular weight is 263 g/mol. The summed E-state index contributed by atoms with van der Waals surface area (Å²) in [5.41, 5.74) is 2.57. The minimum absolute atomic E-state index is 0.00394. The highest BCUT2D eigenvalue weighted by Crippen LogP contribution is 2.33. The van der Waals surface area contributed by atoms with Gasteiger partial charge in [0.15, 0.2) is 0 Å². The number of carbonyl (C=O) groups is 1. The highest BCUT2D eigenvalue weighted by atomic mass is 35.5. The number of nitrogens with one attached hydrogen (secondary N) is 2. The molecule has 1 aromatic heterocycles. The maximum absolute atomic E-state index is 11.3. The van der Waals surface area contributed by atoms with Gasteiger partial charge in [0.2, 0.25) is 5.91 Å². The van der Waals surface area contributed by atoms with Crippen LogP contribution in [0.3, 0.4) is 0 Å². The fraction of sp³-hybridized carbons (Fsp3) is 0.154. The van der Waals surface area contributed by atoms with E-state index in [-0.39, 0.29) is 5.91 Å². The van der Waals surface area contributed by atoms with Gasteiger partial charge in [-0.2, -0.15) is 0 Å². The van der Waals surface area contributed by atoms with Crippen LogP contribution in [-0.4, -0.2) is 5.91 Å². The second-order valence-electron chi connectivity index (χ2n) is 4.15. The van der Waals surface area contributed by atoms with Gasteiger partial charge in [0.1, 0.15) is 5.76 Å². The number of hydrogen-bond donors (Lipinski definition) is 2. The number of carbonyl (C=O) groups excluding carboxylic acids is 1. The first-order valence-electron chi connectivity index (χ1n) is 5.61. The van der Waals surface area contributed by atoms with Crippen molar-refractivity contribution in [2.45, 2.75) is 13.0 Å².